The fourth-order valence-corrected chi connectivity index (χ4v) is 0.904. The lowest BCUT2D eigenvalue weighted by Gasteiger charge is -2.17. The summed E-state index contributed by atoms with van der Waals surface area (Å²) in [5, 5.41) is 3.38. The highest BCUT2D eigenvalue weighted by atomic mass is 14.8. The van der Waals surface area contributed by atoms with Crippen molar-refractivity contribution in [3.63, 3.8) is 0 Å². The predicted molar refractivity (Wildman–Crippen MR) is 55.0 cm³/mol. The fraction of sp³-hybridized carbons (Fsp3) is 0.818. The van der Waals surface area contributed by atoms with E-state index in [2.05, 4.69) is 32.0 Å². The molecule has 0 aliphatic rings. The van der Waals surface area contributed by atoms with Gasteiger partial charge in [0, 0.05) is 6.42 Å². The van der Waals surface area contributed by atoms with Gasteiger partial charge in [0.05, 0.1) is 0 Å². The van der Waals surface area contributed by atoms with Gasteiger partial charge in [-0.3, -0.25) is 0 Å². The van der Waals surface area contributed by atoms with Gasteiger partial charge in [-0.25, -0.2) is 0 Å². The molecule has 1 N–H and O–H groups in total. The second-order valence-corrected chi connectivity index (χ2v) is 4.37. The molecular weight excluding hydrogens is 146 g/mol. The first-order chi connectivity index (χ1) is 5.56. The summed E-state index contributed by atoms with van der Waals surface area (Å²) in [6.07, 6.45) is 8.35. The Labute approximate surface area is 76.9 Å². The van der Waals surface area contributed by atoms with Crippen LogP contribution in [-0.2, 0) is 0 Å². The van der Waals surface area contributed by atoms with Gasteiger partial charge >= 0.3 is 0 Å². The molecule has 12 heavy (non-hydrogen) atoms. The monoisotopic (exact) mass is 167 g/mol. The van der Waals surface area contributed by atoms with Crippen molar-refractivity contribution in [3.8, 4) is 12.3 Å². The molecule has 0 aromatic carbocycles. The maximum atomic E-state index is 5.13. The third kappa shape index (κ3) is 9.52. The molecule has 0 fully saturated rings. The maximum Gasteiger partial charge on any atom is 0.00981 e. The van der Waals surface area contributed by atoms with Crippen molar-refractivity contribution in [1.29, 1.82) is 0 Å². The first-order valence-electron chi connectivity index (χ1n) is 4.70. The average Bonchev–Trinajstić information content (AvgIpc) is 1.94. The van der Waals surface area contributed by atoms with E-state index in [1.165, 1.54) is 6.42 Å². The van der Waals surface area contributed by atoms with Crippen molar-refractivity contribution in [2.45, 2.75) is 40.0 Å². The zero-order valence-electron chi connectivity index (χ0n) is 8.61. The molecule has 0 saturated carbocycles. The van der Waals surface area contributed by atoms with Gasteiger partial charge in [0.15, 0.2) is 0 Å². The second-order valence-electron chi connectivity index (χ2n) is 4.37. The lowest BCUT2D eigenvalue weighted by molar-refractivity contribution is 0.367. The third-order valence-electron chi connectivity index (χ3n) is 1.73. The van der Waals surface area contributed by atoms with Gasteiger partial charge in [-0.05, 0) is 31.3 Å². The first-order valence-corrected chi connectivity index (χ1v) is 4.70. The third-order valence-corrected chi connectivity index (χ3v) is 1.73. The highest BCUT2D eigenvalue weighted by molar-refractivity contribution is 4.83. The van der Waals surface area contributed by atoms with Crippen LogP contribution in [0.5, 0.6) is 0 Å². The van der Waals surface area contributed by atoms with Gasteiger partial charge in [0.1, 0.15) is 0 Å². The fourth-order valence-electron chi connectivity index (χ4n) is 0.904. The van der Waals surface area contributed by atoms with Gasteiger partial charge in [-0.1, -0.05) is 20.8 Å². The lowest BCUT2D eigenvalue weighted by Crippen LogP contribution is -2.21. The zero-order valence-corrected chi connectivity index (χ0v) is 8.61. The summed E-state index contributed by atoms with van der Waals surface area (Å²) in [6.45, 7) is 8.94. The largest absolute Gasteiger partial charge is 0.317 e. The molecule has 0 saturated heterocycles. The molecule has 0 aromatic heterocycles. The number of terminal acetylenes is 1. The molecule has 0 bridgehead atoms. The minimum Gasteiger partial charge on any atom is -0.317 e. The summed E-state index contributed by atoms with van der Waals surface area (Å²) in [5.41, 5.74) is 0.444. The second kappa shape index (κ2) is 6.08. The topological polar surface area (TPSA) is 12.0 Å². The van der Waals surface area contributed by atoms with E-state index in [1.807, 2.05) is 0 Å². The van der Waals surface area contributed by atoms with Crippen molar-refractivity contribution in [1.82, 2.24) is 5.32 Å². The Morgan fingerprint density at radius 2 is 1.92 bits per heavy atom. The van der Waals surface area contributed by atoms with Gasteiger partial charge < -0.3 is 5.32 Å². The Bertz CT molecular complexity index is 136. The van der Waals surface area contributed by atoms with Crippen LogP contribution in [0.2, 0.25) is 0 Å². The SMILES string of the molecule is C#CCCCNCCC(C)(C)C. The van der Waals surface area contributed by atoms with E-state index >= 15 is 0 Å². The Kier molecular flexibility index (Phi) is 5.84. The van der Waals surface area contributed by atoms with Crippen LogP contribution in [0.4, 0.5) is 0 Å². The molecule has 1 heteroatoms. The number of nitrogens with one attached hydrogen (secondary N) is 1. The van der Waals surface area contributed by atoms with Crippen LogP contribution >= 0.6 is 0 Å². The van der Waals surface area contributed by atoms with Crippen molar-refractivity contribution < 1.29 is 0 Å². The van der Waals surface area contributed by atoms with Gasteiger partial charge in [-0.2, -0.15) is 0 Å². The van der Waals surface area contributed by atoms with E-state index in [4.69, 9.17) is 6.42 Å². The molecule has 0 aliphatic heterocycles. The minimum atomic E-state index is 0.444. The highest BCUT2D eigenvalue weighted by Gasteiger charge is 2.08. The molecule has 0 radical (unpaired) electrons. The zero-order chi connectivity index (χ0) is 9.45. The summed E-state index contributed by atoms with van der Waals surface area (Å²) in [7, 11) is 0. The summed E-state index contributed by atoms with van der Waals surface area (Å²) >= 11 is 0. The molecule has 0 heterocycles. The molecule has 0 atom stereocenters. The van der Waals surface area contributed by atoms with Crippen molar-refractivity contribution in [2.24, 2.45) is 5.41 Å². The van der Waals surface area contributed by atoms with Crippen LogP contribution in [0.1, 0.15) is 40.0 Å². The molecule has 0 aromatic rings. The standard InChI is InChI=1S/C11H21N/c1-5-6-7-9-12-10-8-11(2,3)4/h1,12H,6-10H2,2-4H3. The van der Waals surface area contributed by atoms with Crippen LogP contribution < -0.4 is 5.32 Å². The summed E-state index contributed by atoms with van der Waals surface area (Å²) in [5.74, 6) is 2.63. The van der Waals surface area contributed by atoms with Crippen LogP contribution in [0.15, 0.2) is 0 Å². The van der Waals surface area contributed by atoms with E-state index in [9.17, 15) is 0 Å². The van der Waals surface area contributed by atoms with Crippen molar-refractivity contribution in [3.05, 3.63) is 0 Å². The molecule has 0 spiro atoms. The van der Waals surface area contributed by atoms with Crippen molar-refractivity contribution in [2.75, 3.05) is 13.1 Å². The van der Waals surface area contributed by atoms with Crippen LogP contribution in [0.3, 0.4) is 0 Å². The van der Waals surface area contributed by atoms with E-state index in [-0.39, 0.29) is 0 Å². The number of hydrogen-bond donors (Lipinski definition) is 1. The molecule has 0 rings (SSSR count). The maximum absolute atomic E-state index is 5.13. The predicted octanol–water partition coefficient (Wildman–Crippen LogP) is 2.43. The van der Waals surface area contributed by atoms with Gasteiger partial charge in [-0.15, -0.1) is 12.3 Å². The average molecular weight is 167 g/mol. The van der Waals surface area contributed by atoms with Crippen molar-refractivity contribution >= 4 is 0 Å². The number of unbranched alkanes of at least 4 members (excludes halogenated alkanes) is 1. The smallest absolute Gasteiger partial charge is 0.00981 e. The van der Waals surface area contributed by atoms with E-state index in [0.29, 0.717) is 5.41 Å². The molecular formula is C11H21N. The highest BCUT2D eigenvalue weighted by Crippen LogP contribution is 2.16. The summed E-state index contributed by atoms with van der Waals surface area (Å²) < 4.78 is 0. The van der Waals surface area contributed by atoms with Crippen LogP contribution in [0.25, 0.3) is 0 Å². The lowest BCUT2D eigenvalue weighted by atomic mass is 9.92. The van der Waals surface area contributed by atoms with E-state index in [1.54, 1.807) is 0 Å². The molecule has 1 nitrogen and oxygen atoms in total. The van der Waals surface area contributed by atoms with Crippen LogP contribution in [0, 0.1) is 17.8 Å². The van der Waals surface area contributed by atoms with E-state index < -0.39 is 0 Å². The Morgan fingerprint density at radius 3 is 2.42 bits per heavy atom. The Balaban J connectivity index is 3.07. The minimum absolute atomic E-state index is 0.444. The number of hydrogen-bond acceptors (Lipinski definition) is 1. The number of rotatable bonds is 5. The van der Waals surface area contributed by atoms with Gasteiger partial charge in [0.25, 0.3) is 0 Å². The normalized spacial score (nSPS) is 11.2. The molecule has 0 amide bonds. The quantitative estimate of drug-likeness (QED) is 0.490. The van der Waals surface area contributed by atoms with Gasteiger partial charge in [0.2, 0.25) is 0 Å². The molecule has 70 valence electrons. The Morgan fingerprint density at radius 1 is 1.25 bits per heavy atom. The Hall–Kier alpha value is -0.480. The van der Waals surface area contributed by atoms with Crippen LogP contribution in [-0.4, -0.2) is 13.1 Å². The summed E-state index contributed by atoms with van der Waals surface area (Å²) in [4.78, 5) is 0. The molecule has 0 aliphatic carbocycles. The molecule has 0 unspecified atom stereocenters. The summed E-state index contributed by atoms with van der Waals surface area (Å²) in [6, 6.07) is 0. The van der Waals surface area contributed by atoms with E-state index in [0.717, 1.165) is 25.9 Å². The first kappa shape index (κ1) is 11.5.